The van der Waals surface area contributed by atoms with Gasteiger partial charge in [-0.2, -0.15) is 0 Å². The largest absolute Gasteiger partial charge is 0.486 e. The number of hydrogen-bond donors (Lipinski definition) is 0. The molecule has 156 valence electrons. The molecule has 1 fully saturated rings. The van der Waals surface area contributed by atoms with Crippen LogP contribution in [0.1, 0.15) is 10.4 Å². The Hall–Kier alpha value is -3.42. The molecule has 3 aliphatic rings. The number of nitrogens with zero attached hydrogens (tertiary/aromatic N) is 2. The number of fused-ring (bicyclic) bond motifs is 2. The predicted molar refractivity (Wildman–Crippen MR) is 106 cm³/mol. The maximum Gasteiger partial charge on any atom is 0.267 e. The SMILES string of the molecule is O=C(c1ccc2c(c1)OCCO2)N1CCN(C(=O)[C@H]2COc3ccccc3O2)CC1. The van der Waals surface area contributed by atoms with Crippen molar-refractivity contribution in [2.45, 2.75) is 6.10 Å². The van der Waals surface area contributed by atoms with Crippen molar-refractivity contribution in [1.29, 1.82) is 0 Å². The first-order valence-corrected chi connectivity index (χ1v) is 10.1. The van der Waals surface area contributed by atoms with Gasteiger partial charge in [-0.25, -0.2) is 0 Å². The summed E-state index contributed by atoms with van der Waals surface area (Å²) in [7, 11) is 0. The molecule has 8 heteroatoms. The first-order chi connectivity index (χ1) is 14.7. The average Bonchev–Trinajstić information content (AvgIpc) is 2.82. The Morgan fingerprint density at radius 2 is 1.43 bits per heavy atom. The highest BCUT2D eigenvalue weighted by molar-refractivity contribution is 5.95. The molecule has 3 aliphatic heterocycles. The standard InChI is InChI=1S/C22H22N2O6/c25-21(15-5-6-17-19(13-15)28-12-11-27-17)23-7-9-24(10-8-23)22(26)20-14-29-16-3-1-2-4-18(16)30-20/h1-6,13,20H,7-12,14H2/t20-/m1/s1. The van der Waals surface area contributed by atoms with E-state index in [4.69, 9.17) is 18.9 Å². The third-order valence-corrected chi connectivity index (χ3v) is 5.45. The van der Waals surface area contributed by atoms with E-state index in [1.165, 1.54) is 0 Å². The van der Waals surface area contributed by atoms with Gasteiger partial charge >= 0.3 is 0 Å². The fourth-order valence-corrected chi connectivity index (χ4v) is 3.83. The van der Waals surface area contributed by atoms with Crippen molar-refractivity contribution in [3.8, 4) is 23.0 Å². The molecular weight excluding hydrogens is 388 g/mol. The lowest BCUT2D eigenvalue weighted by Gasteiger charge is -2.37. The predicted octanol–water partition coefficient (Wildman–Crippen LogP) is 1.58. The second-order valence-corrected chi connectivity index (χ2v) is 7.34. The van der Waals surface area contributed by atoms with Crippen molar-refractivity contribution in [2.24, 2.45) is 0 Å². The fourth-order valence-electron chi connectivity index (χ4n) is 3.83. The number of ether oxygens (including phenoxy) is 4. The highest BCUT2D eigenvalue weighted by atomic mass is 16.6. The van der Waals surface area contributed by atoms with E-state index in [9.17, 15) is 9.59 Å². The maximum absolute atomic E-state index is 12.9. The topological polar surface area (TPSA) is 77.5 Å². The monoisotopic (exact) mass is 410 g/mol. The molecule has 0 bridgehead atoms. The van der Waals surface area contributed by atoms with Gasteiger partial charge in [0.15, 0.2) is 23.0 Å². The van der Waals surface area contributed by atoms with Gasteiger partial charge in [0.05, 0.1) is 0 Å². The molecule has 0 aliphatic carbocycles. The summed E-state index contributed by atoms with van der Waals surface area (Å²) in [5, 5.41) is 0. The molecule has 1 atom stereocenters. The van der Waals surface area contributed by atoms with Crippen molar-refractivity contribution in [2.75, 3.05) is 46.0 Å². The van der Waals surface area contributed by atoms with E-state index in [2.05, 4.69) is 0 Å². The minimum absolute atomic E-state index is 0.0785. The average molecular weight is 410 g/mol. The smallest absolute Gasteiger partial charge is 0.267 e. The van der Waals surface area contributed by atoms with E-state index in [1.54, 1.807) is 34.1 Å². The summed E-state index contributed by atoms with van der Waals surface area (Å²) in [5.74, 6) is 2.28. The Kier molecular flexibility index (Phi) is 4.82. The molecule has 2 aromatic carbocycles. The number of hydrogen-bond acceptors (Lipinski definition) is 6. The van der Waals surface area contributed by atoms with Crippen molar-refractivity contribution < 1.29 is 28.5 Å². The molecule has 2 aromatic rings. The minimum atomic E-state index is -0.667. The number of benzene rings is 2. The zero-order valence-corrected chi connectivity index (χ0v) is 16.4. The van der Waals surface area contributed by atoms with Gasteiger partial charge in [0.1, 0.15) is 19.8 Å². The maximum atomic E-state index is 12.9. The van der Waals surface area contributed by atoms with Crippen molar-refractivity contribution in [1.82, 2.24) is 9.80 Å². The molecule has 0 aromatic heterocycles. The molecule has 1 saturated heterocycles. The van der Waals surface area contributed by atoms with Gasteiger partial charge in [-0.15, -0.1) is 0 Å². The van der Waals surface area contributed by atoms with Gasteiger partial charge in [-0.05, 0) is 30.3 Å². The number of carbonyl (C=O) groups is 2. The van der Waals surface area contributed by atoms with Crippen LogP contribution in [0.4, 0.5) is 0 Å². The van der Waals surface area contributed by atoms with Gasteiger partial charge in [0.2, 0.25) is 6.10 Å². The molecule has 0 saturated carbocycles. The van der Waals surface area contributed by atoms with Gasteiger partial charge in [-0.1, -0.05) is 12.1 Å². The van der Waals surface area contributed by atoms with Gasteiger partial charge in [-0.3, -0.25) is 9.59 Å². The summed E-state index contributed by atoms with van der Waals surface area (Å²) in [6.45, 7) is 3.01. The third-order valence-electron chi connectivity index (χ3n) is 5.45. The number of amides is 2. The molecule has 0 spiro atoms. The van der Waals surface area contributed by atoms with Crippen LogP contribution in [0.2, 0.25) is 0 Å². The number of piperazine rings is 1. The zero-order chi connectivity index (χ0) is 20.5. The van der Waals surface area contributed by atoms with Crippen LogP contribution in [0.15, 0.2) is 42.5 Å². The summed E-state index contributed by atoms with van der Waals surface area (Å²) >= 11 is 0. The highest BCUT2D eigenvalue weighted by Gasteiger charge is 2.33. The van der Waals surface area contributed by atoms with Crippen molar-refractivity contribution in [3.05, 3.63) is 48.0 Å². The highest BCUT2D eigenvalue weighted by Crippen LogP contribution is 2.32. The quantitative estimate of drug-likeness (QED) is 0.748. The van der Waals surface area contributed by atoms with Crippen LogP contribution in [-0.4, -0.2) is 73.7 Å². The Morgan fingerprint density at radius 1 is 0.767 bits per heavy atom. The van der Waals surface area contributed by atoms with Crippen LogP contribution in [-0.2, 0) is 4.79 Å². The van der Waals surface area contributed by atoms with Crippen LogP contribution >= 0.6 is 0 Å². The van der Waals surface area contributed by atoms with E-state index in [-0.39, 0.29) is 18.4 Å². The van der Waals surface area contributed by atoms with Crippen molar-refractivity contribution in [3.63, 3.8) is 0 Å². The van der Waals surface area contributed by atoms with E-state index < -0.39 is 6.10 Å². The van der Waals surface area contributed by atoms with Crippen LogP contribution in [0.25, 0.3) is 0 Å². The van der Waals surface area contributed by atoms with Gasteiger partial charge in [0.25, 0.3) is 11.8 Å². The third kappa shape index (κ3) is 3.49. The molecule has 5 rings (SSSR count). The van der Waals surface area contributed by atoms with E-state index in [1.807, 2.05) is 18.2 Å². The van der Waals surface area contributed by atoms with Crippen LogP contribution in [0, 0.1) is 0 Å². The Balaban J connectivity index is 1.19. The van der Waals surface area contributed by atoms with Gasteiger partial charge in [0, 0.05) is 31.7 Å². The molecule has 0 unspecified atom stereocenters. The summed E-state index contributed by atoms with van der Waals surface area (Å²) < 4.78 is 22.5. The molecule has 0 N–H and O–H groups in total. The summed E-state index contributed by atoms with van der Waals surface area (Å²) in [5.41, 5.74) is 0.555. The second kappa shape index (κ2) is 7.78. The first-order valence-electron chi connectivity index (χ1n) is 10.1. The van der Waals surface area contributed by atoms with Crippen LogP contribution in [0.5, 0.6) is 23.0 Å². The van der Waals surface area contributed by atoms with Crippen LogP contribution in [0.3, 0.4) is 0 Å². The normalized spacial score (nSPS) is 19.9. The number of para-hydroxylation sites is 2. The molecule has 30 heavy (non-hydrogen) atoms. The van der Waals surface area contributed by atoms with Gasteiger partial charge < -0.3 is 28.7 Å². The molecule has 8 nitrogen and oxygen atoms in total. The zero-order valence-electron chi connectivity index (χ0n) is 16.4. The Morgan fingerprint density at radius 3 is 2.23 bits per heavy atom. The molecule has 3 heterocycles. The lowest BCUT2D eigenvalue weighted by molar-refractivity contribution is -0.142. The summed E-state index contributed by atoms with van der Waals surface area (Å²) in [6, 6.07) is 12.5. The first kappa shape index (κ1) is 18.6. The van der Waals surface area contributed by atoms with E-state index in [0.29, 0.717) is 68.0 Å². The van der Waals surface area contributed by atoms with Crippen molar-refractivity contribution >= 4 is 11.8 Å². The Labute approximate surface area is 173 Å². The van der Waals surface area contributed by atoms with E-state index >= 15 is 0 Å². The van der Waals surface area contributed by atoms with E-state index in [0.717, 1.165) is 0 Å². The summed E-state index contributed by atoms with van der Waals surface area (Å²) in [4.78, 5) is 29.2. The minimum Gasteiger partial charge on any atom is -0.486 e. The summed E-state index contributed by atoms with van der Waals surface area (Å²) in [6.07, 6.45) is -0.667. The number of carbonyl (C=O) groups excluding carboxylic acids is 2. The lowest BCUT2D eigenvalue weighted by atomic mass is 10.1. The lowest BCUT2D eigenvalue weighted by Crippen LogP contribution is -2.55. The second-order valence-electron chi connectivity index (χ2n) is 7.34. The Bertz CT molecular complexity index is 970. The fraction of sp³-hybridized carbons (Fsp3) is 0.364. The number of rotatable bonds is 2. The molecule has 0 radical (unpaired) electrons. The molecular formula is C22H22N2O6. The van der Waals surface area contributed by atoms with Crippen LogP contribution < -0.4 is 18.9 Å². The molecule has 2 amide bonds.